The van der Waals surface area contributed by atoms with E-state index in [1.165, 1.54) is 5.69 Å². The second-order valence-corrected chi connectivity index (χ2v) is 8.10. The van der Waals surface area contributed by atoms with Gasteiger partial charge in [0.1, 0.15) is 0 Å². The highest BCUT2D eigenvalue weighted by molar-refractivity contribution is 6.13. The molecule has 1 aliphatic heterocycles. The van der Waals surface area contributed by atoms with Crippen LogP contribution in [0, 0.1) is 6.92 Å². The molecule has 3 N–H and O–H groups in total. The third kappa shape index (κ3) is 3.83. The third-order valence-electron chi connectivity index (χ3n) is 5.97. The minimum Gasteiger partial charge on any atom is -0.494 e. The molecule has 1 aliphatic rings. The molecule has 4 aromatic rings. The number of aliphatic imine (C=N–C) groups is 1. The van der Waals surface area contributed by atoms with Gasteiger partial charge in [-0.05, 0) is 55.8 Å². The molecule has 3 aromatic heterocycles. The van der Waals surface area contributed by atoms with Gasteiger partial charge in [0.05, 0.1) is 34.4 Å². The number of nitrogens with one attached hydrogen (secondary N) is 2. The van der Waals surface area contributed by atoms with Gasteiger partial charge in [0.25, 0.3) is 0 Å². The number of anilines is 1. The zero-order valence-corrected chi connectivity index (χ0v) is 18.3. The van der Waals surface area contributed by atoms with Crippen LogP contribution in [0.2, 0.25) is 0 Å². The quantitative estimate of drug-likeness (QED) is 0.426. The third-order valence-corrected chi connectivity index (χ3v) is 5.97. The highest BCUT2D eigenvalue weighted by Gasteiger charge is 2.16. The minimum atomic E-state index is 0.0977. The predicted molar refractivity (Wildman–Crippen MR) is 129 cm³/mol. The first-order chi connectivity index (χ1) is 15.6. The first kappa shape index (κ1) is 20.2. The van der Waals surface area contributed by atoms with Gasteiger partial charge in [-0.2, -0.15) is 0 Å². The highest BCUT2D eigenvalue weighted by Crippen LogP contribution is 2.32. The van der Waals surface area contributed by atoms with Gasteiger partial charge in [-0.1, -0.05) is 0 Å². The summed E-state index contributed by atoms with van der Waals surface area (Å²) in [7, 11) is 0. The van der Waals surface area contributed by atoms with E-state index in [1.54, 1.807) is 12.4 Å². The van der Waals surface area contributed by atoms with Gasteiger partial charge in [-0.25, -0.2) is 0 Å². The average Bonchev–Trinajstić information content (AvgIpc) is 3.15. The zero-order chi connectivity index (χ0) is 22.1. The molecule has 162 valence electrons. The van der Waals surface area contributed by atoms with Gasteiger partial charge < -0.3 is 20.3 Å². The van der Waals surface area contributed by atoms with Gasteiger partial charge in [0, 0.05) is 55.2 Å². The lowest BCUT2D eigenvalue weighted by Crippen LogP contribution is -2.43. The maximum atomic E-state index is 10.6. The Balaban J connectivity index is 1.49. The van der Waals surface area contributed by atoms with E-state index in [1.807, 2.05) is 44.3 Å². The maximum Gasteiger partial charge on any atom is 0.198 e. The number of H-pyrrole nitrogens is 1. The topological polar surface area (TPSA) is 89.4 Å². The van der Waals surface area contributed by atoms with Gasteiger partial charge in [-0.3, -0.25) is 15.0 Å². The number of rotatable bonds is 4. The summed E-state index contributed by atoms with van der Waals surface area (Å²) >= 11 is 0. The number of hydrogen-bond donors (Lipinski definition) is 3. The molecule has 0 bridgehead atoms. The molecule has 1 saturated heterocycles. The fraction of sp³-hybridized carbons (Fsp3) is 0.240. The number of hydrogen-bond acceptors (Lipinski definition) is 6. The Labute approximate surface area is 186 Å². The van der Waals surface area contributed by atoms with E-state index in [-0.39, 0.29) is 5.88 Å². The van der Waals surface area contributed by atoms with Crippen molar-refractivity contribution in [2.24, 2.45) is 4.99 Å². The monoisotopic (exact) mass is 426 g/mol. The van der Waals surface area contributed by atoms with Crippen LogP contribution < -0.4 is 10.2 Å². The van der Waals surface area contributed by atoms with Crippen molar-refractivity contribution in [2.45, 2.75) is 13.8 Å². The molecule has 0 aliphatic carbocycles. The summed E-state index contributed by atoms with van der Waals surface area (Å²) in [5.74, 6) is 0.0977. The van der Waals surface area contributed by atoms with Crippen LogP contribution in [0.5, 0.6) is 5.88 Å². The summed E-state index contributed by atoms with van der Waals surface area (Å²) in [4.78, 5) is 19.0. The first-order valence-electron chi connectivity index (χ1n) is 10.8. The lowest BCUT2D eigenvalue weighted by molar-refractivity contribution is 0.457. The number of nitrogens with zero attached hydrogens (tertiary/aromatic N) is 4. The van der Waals surface area contributed by atoms with Crippen LogP contribution in [0.4, 0.5) is 11.4 Å². The largest absolute Gasteiger partial charge is 0.494 e. The summed E-state index contributed by atoms with van der Waals surface area (Å²) in [5, 5.41) is 14.9. The molecule has 4 heterocycles. The Bertz CT molecular complexity index is 1290. The lowest BCUT2D eigenvalue weighted by Gasteiger charge is -2.29. The van der Waals surface area contributed by atoms with Gasteiger partial charge in [0.2, 0.25) is 0 Å². The number of aromatic hydroxyl groups is 1. The summed E-state index contributed by atoms with van der Waals surface area (Å²) in [6.45, 7) is 7.99. The summed E-state index contributed by atoms with van der Waals surface area (Å²) in [6.07, 6.45) is 5.33. The van der Waals surface area contributed by atoms with Crippen molar-refractivity contribution in [1.29, 1.82) is 0 Å². The number of aromatic nitrogens is 3. The van der Waals surface area contributed by atoms with E-state index in [0.717, 1.165) is 65.3 Å². The Morgan fingerprint density at radius 2 is 1.88 bits per heavy atom. The molecule has 0 unspecified atom stereocenters. The summed E-state index contributed by atoms with van der Waals surface area (Å²) < 4.78 is 0. The van der Waals surface area contributed by atoms with E-state index in [9.17, 15) is 5.11 Å². The van der Waals surface area contributed by atoms with Gasteiger partial charge in [-0.15, -0.1) is 0 Å². The smallest absolute Gasteiger partial charge is 0.198 e. The van der Waals surface area contributed by atoms with Gasteiger partial charge in [0.15, 0.2) is 5.88 Å². The average molecular weight is 427 g/mol. The second kappa shape index (κ2) is 8.43. The van der Waals surface area contributed by atoms with Crippen LogP contribution >= 0.6 is 0 Å². The number of aromatic amines is 1. The molecular weight excluding hydrogens is 400 g/mol. The number of fused-ring (bicyclic) bond motifs is 1. The molecule has 0 atom stereocenters. The van der Waals surface area contributed by atoms with Crippen LogP contribution in [0.25, 0.3) is 22.2 Å². The maximum absolute atomic E-state index is 10.6. The Morgan fingerprint density at radius 1 is 1.09 bits per heavy atom. The lowest BCUT2D eigenvalue weighted by atomic mass is 10.0. The predicted octanol–water partition coefficient (Wildman–Crippen LogP) is 4.19. The Morgan fingerprint density at radius 3 is 2.62 bits per heavy atom. The van der Waals surface area contributed by atoms with Crippen LogP contribution in [0.15, 0.2) is 60.0 Å². The molecule has 0 spiro atoms. The van der Waals surface area contributed by atoms with E-state index in [2.05, 4.69) is 37.3 Å². The Kier molecular flexibility index (Phi) is 5.33. The molecule has 0 saturated carbocycles. The molecule has 5 rings (SSSR count). The molecule has 32 heavy (non-hydrogen) atoms. The molecule has 0 radical (unpaired) electrons. The SMILES string of the molecule is CC(=Nc1ccc(N2CCNCC2)cc1)c1c(O)[nH]c2cnc(-c3cnccc3C)cc12. The van der Waals surface area contributed by atoms with E-state index >= 15 is 0 Å². The van der Waals surface area contributed by atoms with E-state index < -0.39 is 0 Å². The Hall–Kier alpha value is -3.71. The summed E-state index contributed by atoms with van der Waals surface area (Å²) in [5.41, 5.74) is 7.15. The van der Waals surface area contributed by atoms with Crippen LogP contribution in [0.1, 0.15) is 18.1 Å². The standard InChI is InChI=1S/C25H26N6O/c1-16-7-8-27-14-21(16)22-13-20-23(15-28-22)30-25(32)24(20)17(2)29-18-3-5-19(6-4-18)31-11-9-26-10-12-31/h3-8,13-15,26,30,32H,9-12H2,1-2H3. The van der Waals surface area contributed by atoms with Crippen LogP contribution in [-0.2, 0) is 0 Å². The van der Waals surface area contributed by atoms with Crippen LogP contribution in [-0.4, -0.2) is 51.9 Å². The number of aryl methyl sites for hydroxylation is 1. The molecule has 0 amide bonds. The van der Waals surface area contributed by atoms with E-state index in [0.29, 0.717) is 5.56 Å². The number of piperazine rings is 1. The zero-order valence-electron chi connectivity index (χ0n) is 18.3. The normalized spacial score (nSPS) is 14.8. The van der Waals surface area contributed by atoms with Crippen LogP contribution in [0.3, 0.4) is 0 Å². The summed E-state index contributed by atoms with van der Waals surface area (Å²) in [6, 6.07) is 12.2. The van der Waals surface area contributed by atoms with Crippen molar-refractivity contribution < 1.29 is 5.11 Å². The molecule has 7 heteroatoms. The number of benzene rings is 1. The molecule has 1 aromatic carbocycles. The van der Waals surface area contributed by atoms with Crippen molar-refractivity contribution in [2.75, 3.05) is 31.1 Å². The highest BCUT2D eigenvalue weighted by atomic mass is 16.3. The van der Waals surface area contributed by atoms with Crippen molar-refractivity contribution in [3.8, 4) is 17.1 Å². The first-order valence-corrected chi connectivity index (χ1v) is 10.8. The fourth-order valence-corrected chi connectivity index (χ4v) is 4.24. The molecule has 7 nitrogen and oxygen atoms in total. The van der Waals surface area contributed by atoms with Crippen molar-refractivity contribution in [1.82, 2.24) is 20.3 Å². The molecular formula is C25H26N6O. The fourth-order valence-electron chi connectivity index (χ4n) is 4.24. The minimum absolute atomic E-state index is 0.0977. The molecule has 1 fully saturated rings. The van der Waals surface area contributed by atoms with Crippen molar-refractivity contribution in [3.63, 3.8) is 0 Å². The number of pyridine rings is 2. The van der Waals surface area contributed by atoms with Crippen molar-refractivity contribution in [3.05, 3.63) is 66.1 Å². The van der Waals surface area contributed by atoms with Gasteiger partial charge >= 0.3 is 0 Å². The second-order valence-electron chi connectivity index (χ2n) is 8.10. The van der Waals surface area contributed by atoms with E-state index in [4.69, 9.17) is 4.99 Å². The van der Waals surface area contributed by atoms with Crippen molar-refractivity contribution >= 4 is 28.0 Å².